The van der Waals surface area contributed by atoms with E-state index in [0.29, 0.717) is 10.6 Å². The van der Waals surface area contributed by atoms with Crippen molar-refractivity contribution in [3.05, 3.63) is 76.8 Å². The molecule has 0 heterocycles. The molecule has 3 rings (SSSR count). The van der Waals surface area contributed by atoms with Crippen LogP contribution < -0.4 is 10.2 Å². The first-order valence-corrected chi connectivity index (χ1v) is 8.70. The van der Waals surface area contributed by atoms with Crippen LogP contribution in [-0.4, -0.2) is 18.2 Å². The maximum Gasteiger partial charge on any atom is 0.271 e. The second-order valence-electron chi connectivity index (χ2n) is 6.07. The minimum absolute atomic E-state index is 0.0342. The number of ether oxygens (including phenoxy) is 1. The van der Waals surface area contributed by atoms with Crippen LogP contribution >= 0.6 is 11.6 Å². The predicted molar refractivity (Wildman–Crippen MR) is 106 cm³/mol. The van der Waals surface area contributed by atoms with E-state index < -0.39 is 0 Å². The fourth-order valence-electron chi connectivity index (χ4n) is 2.59. The fraction of sp³-hybridized carbons (Fsp3) is 0.143. The van der Waals surface area contributed by atoms with Gasteiger partial charge in [-0.15, -0.1) is 0 Å². The number of benzene rings is 3. The van der Waals surface area contributed by atoms with Crippen LogP contribution in [0.5, 0.6) is 5.75 Å². The van der Waals surface area contributed by atoms with E-state index in [1.165, 1.54) is 0 Å². The zero-order valence-corrected chi connectivity index (χ0v) is 15.3. The lowest BCUT2D eigenvalue weighted by Crippen LogP contribution is -2.17. The number of nitrogens with zero attached hydrogens (tertiary/aromatic N) is 1. The molecule has 0 spiro atoms. The van der Waals surface area contributed by atoms with E-state index >= 15 is 0 Å². The lowest BCUT2D eigenvalue weighted by molar-refractivity contribution is 0.0955. The molecule has 5 heteroatoms. The number of halogens is 1. The first kappa shape index (κ1) is 18.0. The molecule has 0 fully saturated rings. The van der Waals surface area contributed by atoms with Gasteiger partial charge in [0.25, 0.3) is 5.91 Å². The van der Waals surface area contributed by atoms with Gasteiger partial charge in [0.05, 0.1) is 12.3 Å². The smallest absolute Gasteiger partial charge is 0.271 e. The summed E-state index contributed by atoms with van der Waals surface area (Å²) in [5.41, 5.74) is 3.86. The van der Waals surface area contributed by atoms with Crippen molar-refractivity contribution in [2.45, 2.75) is 20.0 Å². The molecule has 26 heavy (non-hydrogen) atoms. The SMILES string of the molecule is CC(C)Oc1ccc2ccccc2c1/C=N\NC(=O)c1ccc(Cl)cc1. The molecular formula is C21H19ClN2O2. The summed E-state index contributed by atoms with van der Waals surface area (Å²) >= 11 is 5.84. The number of hydrogen-bond donors (Lipinski definition) is 1. The van der Waals surface area contributed by atoms with Gasteiger partial charge in [0.2, 0.25) is 0 Å². The summed E-state index contributed by atoms with van der Waals surface area (Å²) in [4.78, 5) is 12.2. The average Bonchev–Trinajstić information content (AvgIpc) is 2.63. The first-order chi connectivity index (χ1) is 12.5. The summed E-state index contributed by atoms with van der Waals surface area (Å²) < 4.78 is 5.89. The summed E-state index contributed by atoms with van der Waals surface area (Å²) in [7, 11) is 0. The zero-order valence-electron chi connectivity index (χ0n) is 14.6. The van der Waals surface area contributed by atoms with E-state index in [4.69, 9.17) is 16.3 Å². The quantitative estimate of drug-likeness (QED) is 0.507. The molecule has 3 aromatic carbocycles. The van der Waals surface area contributed by atoms with Gasteiger partial charge in [-0.1, -0.05) is 41.9 Å². The van der Waals surface area contributed by atoms with Crippen molar-refractivity contribution in [1.29, 1.82) is 0 Å². The number of nitrogens with one attached hydrogen (secondary N) is 1. The Hall–Kier alpha value is -2.85. The van der Waals surface area contributed by atoms with Gasteiger partial charge in [-0.25, -0.2) is 5.43 Å². The highest BCUT2D eigenvalue weighted by molar-refractivity contribution is 6.30. The molecule has 0 aliphatic carbocycles. The second kappa shape index (κ2) is 8.02. The van der Waals surface area contributed by atoms with Crippen LogP contribution in [0.4, 0.5) is 0 Å². The molecule has 132 valence electrons. The van der Waals surface area contributed by atoms with Crippen molar-refractivity contribution in [3.63, 3.8) is 0 Å². The Balaban J connectivity index is 1.87. The Kier molecular flexibility index (Phi) is 5.54. The highest BCUT2D eigenvalue weighted by atomic mass is 35.5. The van der Waals surface area contributed by atoms with E-state index in [9.17, 15) is 4.79 Å². The molecule has 0 bridgehead atoms. The topological polar surface area (TPSA) is 50.7 Å². The van der Waals surface area contributed by atoms with E-state index in [0.717, 1.165) is 22.1 Å². The van der Waals surface area contributed by atoms with Crippen LogP contribution in [0.15, 0.2) is 65.8 Å². The molecule has 0 saturated carbocycles. The van der Waals surface area contributed by atoms with Gasteiger partial charge in [0.15, 0.2) is 0 Å². The molecule has 1 N–H and O–H groups in total. The molecule has 0 radical (unpaired) electrons. The van der Waals surface area contributed by atoms with Crippen molar-refractivity contribution in [2.75, 3.05) is 0 Å². The molecule has 3 aromatic rings. The maximum absolute atomic E-state index is 12.2. The predicted octanol–water partition coefficient (Wildman–Crippen LogP) is 5.04. The summed E-state index contributed by atoms with van der Waals surface area (Å²) in [6.45, 7) is 3.94. The summed E-state index contributed by atoms with van der Waals surface area (Å²) in [5, 5.41) is 6.79. The van der Waals surface area contributed by atoms with E-state index in [1.54, 1.807) is 30.5 Å². The summed E-state index contributed by atoms with van der Waals surface area (Å²) in [5.74, 6) is 0.424. The lowest BCUT2D eigenvalue weighted by Gasteiger charge is -2.14. The number of hydrogen-bond acceptors (Lipinski definition) is 3. The highest BCUT2D eigenvalue weighted by Crippen LogP contribution is 2.27. The Bertz CT molecular complexity index is 950. The third-order valence-corrected chi connectivity index (χ3v) is 4.01. The van der Waals surface area contributed by atoms with Gasteiger partial charge >= 0.3 is 0 Å². The van der Waals surface area contributed by atoms with Crippen LogP contribution in [-0.2, 0) is 0 Å². The third kappa shape index (κ3) is 4.21. The summed E-state index contributed by atoms with van der Waals surface area (Å²) in [6, 6.07) is 18.5. The minimum atomic E-state index is -0.301. The number of carbonyl (C=O) groups is 1. The first-order valence-electron chi connectivity index (χ1n) is 8.32. The maximum atomic E-state index is 12.2. The van der Waals surface area contributed by atoms with Crippen molar-refractivity contribution in [2.24, 2.45) is 5.10 Å². The van der Waals surface area contributed by atoms with E-state index in [1.807, 2.05) is 50.2 Å². The van der Waals surface area contributed by atoms with Gasteiger partial charge in [0, 0.05) is 16.1 Å². The normalized spacial score (nSPS) is 11.2. The van der Waals surface area contributed by atoms with Gasteiger partial charge in [-0.3, -0.25) is 4.79 Å². The Morgan fingerprint density at radius 2 is 1.81 bits per heavy atom. The van der Waals surface area contributed by atoms with Gasteiger partial charge < -0.3 is 4.74 Å². The monoisotopic (exact) mass is 366 g/mol. The number of rotatable bonds is 5. The van der Waals surface area contributed by atoms with Crippen LogP contribution in [0.1, 0.15) is 29.8 Å². The molecule has 0 atom stereocenters. The minimum Gasteiger partial charge on any atom is -0.490 e. The standard InChI is InChI=1S/C21H19ClN2O2/c1-14(2)26-20-12-9-15-5-3-4-6-18(15)19(20)13-23-24-21(25)16-7-10-17(22)11-8-16/h3-14H,1-2H3,(H,24,25)/b23-13-. The third-order valence-electron chi connectivity index (χ3n) is 3.76. The molecular weight excluding hydrogens is 348 g/mol. The zero-order chi connectivity index (χ0) is 18.5. The van der Waals surface area contributed by atoms with Crippen molar-refractivity contribution in [1.82, 2.24) is 5.43 Å². The van der Waals surface area contributed by atoms with E-state index in [-0.39, 0.29) is 12.0 Å². The van der Waals surface area contributed by atoms with Crippen LogP contribution in [0, 0.1) is 0 Å². The van der Waals surface area contributed by atoms with E-state index in [2.05, 4.69) is 10.5 Å². The Morgan fingerprint density at radius 3 is 2.54 bits per heavy atom. The molecule has 4 nitrogen and oxygen atoms in total. The Morgan fingerprint density at radius 1 is 1.08 bits per heavy atom. The van der Waals surface area contributed by atoms with Gasteiger partial charge in [0.1, 0.15) is 5.75 Å². The van der Waals surface area contributed by atoms with Crippen LogP contribution in [0.3, 0.4) is 0 Å². The van der Waals surface area contributed by atoms with Crippen molar-refractivity contribution >= 4 is 34.5 Å². The molecule has 0 aliphatic heterocycles. The largest absolute Gasteiger partial charge is 0.490 e. The molecule has 1 amide bonds. The fourth-order valence-corrected chi connectivity index (χ4v) is 2.71. The number of carbonyl (C=O) groups excluding carboxylic acids is 1. The number of amides is 1. The molecule has 0 saturated heterocycles. The Labute approximate surface area is 157 Å². The average molecular weight is 367 g/mol. The lowest BCUT2D eigenvalue weighted by atomic mass is 10.0. The highest BCUT2D eigenvalue weighted by Gasteiger charge is 2.09. The second-order valence-corrected chi connectivity index (χ2v) is 6.51. The van der Waals surface area contributed by atoms with Crippen molar-refractivity contribution in [3.8, 4) is 5.75 Å². The molecule has 0 aromatic heterocycles. The van der Waals surface area contributed by atoms with Gasteiger partial charge in [-0.05, 0) is 55.0 Å². The van der Waals surface area contributed by atoms with Crippen LogP contribution in [0.25, 0.3) is 10.8 Å². The van der Waals surface area contributed by atoms with Crippen LogP contribution in [0.2, 0.25) is 5.02 Å². The summed E-state index contributed by atoms with van der Waals surface area (Å²) in [6.07, 6.45) is 1.65. The molecule has 0 aliphatic rings. The number of hydrazone groups is 1. The number of fused-ring (bicyclic) bond motifs is 1. The van der Waals surface area contributed by atoms with Crippen molar-refractivity contribution < 1.29 is 9.53 Å². The van der Waals surface area contributed by atoms with Gasteiger partial charge in [-0.2, -0.15) is 5.10 Å². The molecule has 0 unspecified atom stereocenters.